The molecule has 7 nitrogen and oxygen atoms in total. The van der Waals surface area contributed by atoms with E-state index in [1.54, 1.807) is 0 Å². The van der Waals surface area contributed by atoms with Crippen LogP contribution in [0.3, 0.4) is 0 Å². The Kier molecular flexibility index (Phi) is 5.47. The Morgan fingerprint density at radius 1 is 1.17 bits per heavy atom. The Hall–Kier alpha value is -2.52. The van der Waals surface area contributed by atoms with Crippen LogP contribution in [0, 0.1) is 15.9 Å². The molecule has 0 aliphatic heterocycles. The molecule has 2 aromatic rings. The summed E-state index contributed by atoms with van der Waals surface area (Å²) in [5, 5.41) is 22.8. The maximum absolute atomic E-state index is 12.8. The van der Waals surface area contributed by atoms with Crippen LogP contribution in [0.15, 0.2) is 47.4 Å². The third-order valence-electron chi connectivity index (χ3n) is 3.30. The Labute approximate surface area is 137 Å². The van der Waals surface area contributed by atoms with Gasteiger partial charge >= 0.3 is 0 Å². The van der Waals surface area contributed by atoms with Crippen LogP contribution in [0.5, 0.6) is 0 Å². The summed E-state index contributed by atoms with van der Waals surface area (Å²) in [5.74, 6) is -0.859. The summed E-state index contributed by atoms with van der Waals surface area (Å²) in [6.07, 6.45) is 0. The topological polar surface area (TPSA) is 110 Å². The fraction of sp³-hybridized carbons (Fsp3) is 0.200. The molecule has 2 N–H and O–H groups in total. The molecule has 0 radical (unpaired) electrons. The van der Waals surface area contributed by atoms with E-state index in [2.05, 4.69) is 5.32 Å². The Morgan fingerprint density at radius 2 is 1.83 bits per heavy atom. The number of aliphatic hydroxyl groups is 1. The molecule has 0 aliphatic rings. The van der Waals surface area contributed by atoms with Gasteiger partial charge in [0.2, 0.25) is 0 Å². The van der Waals surface area contributed by atoms with Crippen LogP contribution < -0.4 is 5.32 Å². The molecule has 2 aromatic carbocycles. The molecule has 0 spiro atoms. The summed E-state index contributed by atoms with van der Waals surface area (Å²) >= 11 is 0. The van der Waals surface area contributed by atoms with Crippen LogP contribution in [0.2, 0.25) is 0 Å². The molecule has 128 valence electrons. The number of nitro groups is 1. The van der Waals surface area contributed by atoms with Crippen molar-refractivity contribution >= 4 is 21.2 Å². The molecular formula is C15H15FN2O5S. The smallest absolute Gasteiger partial charge is 0.292 e. The number of hydrogen-bond acceptors (Lipinski definition) is 6. The first-order chi connectivity index (χ1) is 11.3. The highest BCUT2D eigenvalue weighted by Gasteiger charge is 2.17. The molecule has 0 saturated carbocycles. The van der Waals surface area contributed by atoms with Gasteiger partial charge in [-0.15, -0.1) is 0 Å². The van der Waals surface area contributed by atoms with Crippen molar-refractivity contribution in [3.8, 4) is 0 Å². The molecule has 2 rings (SSSR count). The van der Waals surface area contributed by atoms with E-state index >= 15 is 0 Å². The lowest BCUT2D eigenvalue weighted by Gasteiger charge is -2.09. The lowest BCUT2D eigenvalue weighted by Crippen LogP contribution is -2.16. The van der Waals surface area contributed by atoms with E-state index in [1.165, 1.54) is 30.3 Å². The summed E-state index contributed by atoms with van der Waals surface area (Å²) in [5.41, 5.74) is 0.372. The van der Waals surface area contributed by atoms with E-state index in [1.807, 2.05) is 0 Å². The fourth-order valence-corrected chi connectivity index (χ4v) is 3.22. The number of rotatable bonds is 7. The zero-order valence-electron chi connectivity index (χ0n) is 12.5. The normalized spacial score (nSPS) is 11.2. The summed E-state index contributed by atoms with van der Waals surface area (Å²) in [7, 11) is -3.64. The molecule has 0 amide bonds. The summed E-state index contributed by atoms with van der Waals surface area (Å²) < 4.78 is 37.1. The second-order valence-corrected chi connectivity index (χ2v) is 7.08. The predicted molar refractivity (Wildman–Crippen MR) is 86.0 cm³/mol. The minimum atomic E-state index is -3.64. The average molecular weight is 354 g/mol. The minimum absolute atomic E-state index is 0.0238. The van der Waals surface area contributed by atoms with Gasteiger partial charge in [0.1, 0.15) is 11.5 Å². The zero-order chi connectivity index (χ0) is 17.7. The first-order valence-corrected chi connectivity index (χ1v) is 8.59. The fourth-order valence-electron chi connectivity index (χ4n) is 2.06. The van der Waals surface area contributed by atoms with Gasteiger partial charge in [0.15, 0.2) is 9.84 Å². The zero-order valence-corrected chi connectivity index (χ0v) is 13.3. The SMILES string of the molecule is O=[N+]([O-])c1ccc(CO)cc1NCCS(=O)(=O)c1ccc(F)cc1. The molecule has 24 heavy (non-hydrogen) atoms. The average Bonchev–Trinajstić information content (AvgIpc) is 2.54. The molecule has 0 heterocycles. The van der Waals surface area contributed by atoms with Gasteiger partial charge in [0.05, 0.1) is 22.2 Å². The molecule has 0 saturated heterocycles. The largest absolute Gasteiger partial charge is 0.392 e. The molecule has 0 aromatic heterocycles. The van der Waals surface area contributed by atoms with Crippen LogP contribution in [0.4, 0.5) is 15.8 Å². The molecule has 0 aliphatic carbocycles. The summed E-state index contributed by atoms with van der Waals surface area (Å²) in [6, 6.07) is 8.48. The van der Waals surface area contributed by atoms with Crippen LogP contribution in [0.1, 0.15) is 5.56 Å². The van der Waals surface area contributed by atoms with Crippen molar-refractivity contribution in [2.45, 2.75) is 11.5 Å². The first kappa shape index (κ1) is 17.8. The number of nitro benzene ring substituents is 1. The van der Waals surface area contributed by atoms with E-state index in [0.717, 1.165) is 12.1 Å². The van der Waals surface area contributed by atoms with Gasteiger partial charge in [0, 0.05) is 12.6 Å². The maximum atomic E-state index is 12.8. The van der Waals surface area contributed by atoms with Crippen LogP contribution >= 0.6 is 0 Å². The third kappa shape index (κ3) is 4.27. The van der Waals surface area contributed by atoms with E-state index in [0.29, 0.717) is 5.56 Å². The molecule has 0 bridgehead atoms. The molecule has 0 unspecified atom stereocenters. The summed E-state index contributed by atoms with van der Waals surface area (Å²) in [4.78, 5) is 10.4. The number of sulfone groups is 1. The lowest BCUT2D eigenvalue weighted by molar-refractivity contribution is -0.384. The van der Waals surface area contributed by atoms with Crippen molar-refractivity contribution in [2.75, 3.05) is 17.6 Å². The highest BCUT2D eigenvalue weighted by atomic mass is 32.2. The number of nitrogens with zero attached hydrogens (tertiary/aromatic N) is 1. The summed E-state index contributed by atoms with van der Waals surface area (Å²) in [6.45, 7) is -0.365. The van der Waals surface area contributed by atoms with Crippen molar-refractivity contribution in [1.82, 2.24) is 0 Å². The highest BCUT2D eigenvalue weighted by Crippen LogP contribution is 2.25. The Morgan fingerprint density at radius 3 is 2.42 bits per heavy atom. The Bertz CT molecular complexity index is 837. The third-order valence-corrected chi connectivity index (χ3v) is 5.03. The first-order valence-electron chi connectivity index (χ1n) is 6.94. The monoisotopic (exact) mass is 354 g/mol. The van der Waals surface area contributed by atoms with Gasteiger partial charge < -0.3 is 10.4 Å². The van der Waals surface area contributed by atoms with Crippen LogP contribution in [0.25, 0.3) is 0 Å². The number of aliphatic hydroxyl groups excluding tert-OH is 1. The van der Waals surface area contributed by atoms with Crippen LogP contribution in [-0.4, -0.2) is 30.7 Å². The maximum Gasteiger partial charge on any atom is 0.292 e. The predicted octanol–water partition coefficient (Wildman–Crippen LogP) is 2.11. The van der Waals surface area contributed by atoms with Crippen molar-refractivity contribution in [1.29, 1.82) is 0 Å². The lowest BCUT2D eigenvalue weighted by atomic mass is 10.2. The van der Waals surface area contributed by atoms with Gasteiger partial charge in [-0.05, 0) is 42.0 Å². The van der Waals surface area contributed by atoms with Crippen molar-refractivity contribution in [2.24, 2.45) is 0 Å². The number of benzene rings is 2. The van der Waals surface area contributed by atoms with Crippen molar-refractivity contribution in [3.05, 3.63) is 64.0 Å². The van der Waals surface area contributed by atoms with Gasteiger partial charge in [-0.1, -0.05) is 0 Å². The quantitative estimate of drug-likeness (QED) is 0.448. The number of halogens is 1. The number of anilines is 1. The van der Waals surface area contributed by atoms with Gasteiger partial charge in [0.25, 0.3) is 5.69 Å². The minimum Gasteiger partial charge on any atom is -0.392 e. The van der Waals surface area contributed by atoms with Crippen molar-refractivity contribution in [3.63, 3.8) is 0 Å². The second-order valence-electron chi connectivity index (χ2n) is 4.97. The van der Waals surface area contributed by atoms with Gasteiger partial charge in [-0.2, -0.15) is 0 Å². The van der Waals surface area contributed by atoms with Gasteiger partial charge in [-0.3, -0.25) is 10.1 Å². The highest BCUT2D eigenvalue weighted by molar-refractivity contribution is 7.91. The van der Waals surface area contributed by atoms with E-state index < -0.39 is 20.6 Å². The standard InChI is InChI=1S/C15H15FN2O5S/c16-12-2-4-13(5-3-12)24(22,23)8-7-17-14-9-11(10-19)1-6-15(14)18(20)21/h1-6,9,17,19H,7-8,10H2. The Balaban J connectivity index is 2.11. The number of hydrogen-bond donors (Lipinski definition) is 2. The second kappa shape index (κ2) is 7.37. The van der Waals surface area contributed by atoms with E-state index in [-0.39, 0.29) is 35.2 Å². The van der Waals surface area contributed by atoms with E-state index in [9.17, 15) is 22.9 Å². The number of nitrogens with one attached hydrogen (secondary N) is 1. The van der Waals surface area contributed by atoms with Gasteiger partial charge in [-0.25, -0.2) is 12.8 Å². The molecular weight excluding hydrogens is 339 g/mol. The molecule has 0 atom stereocenters. The molecule has 9 heteroatoms. The van der Waals surface area contributed by atoms with E-state index in [4.69, 9.17) is 5.11 Å². The van der Waals surface area contributed by atoms with Crippen LogP contribution in [-0.2, 0) is 16.4 Å². The molecule has 0 fully saturated rings. The van der Waals surface area contributed by atoms with Crippen molar-refractivity contribution < 1.29 is 22.8 Å².